The molecule has 0 radical (unpaired) electrons. The Labute approximate surface area is 216 Å². The second-order valence-corrected chi connectivity index (χ2v) is 15.9. The summed E-state index contributed by atoms with van der Waals surface area (Å²) in [6.45, 7) is 10.5. The number of nitrogens with zero attached hydrogens (tertiary/aromatic N) is 6. The van der Waals surface area contributed by atoms with E-state index in [1.165, 1.54) is 6.07 Å². The molecular formula is C26H31F3N6OSi. The van der Waals surface area contributed by atoms with Gasteiger partial charge in [0.25, 0.3) is 0 Å². The van der Waals surface area contributed by atoms with Crippen LogP contribution >= 0.6 is 0 Å². The smallest absolute Gasteiger partial charge is 0.361 e. The van der Waals surface area contributed by atoms with E-state index in [2.05, 4.69) is 40.5 Å². The molecule has 1 aromatic carbocycles. The minimum absolute atomic E-state index is 0.281. The van der Waals surface area contributed by atoms with E-state index >= 15 is 0 Å². The van der Waals surface area contributed by atoms with Crippen molar-refractivity contribution in [1.82, 2.24) is 14.5 Å². The first kappa shape index (κ1) is 26.7. The van der Waals surface area contributed by atoms with Gasteiger partial charge in [-0.15, -0.1) is 0 Å². The molecule has 0 atom stereocenters. The SMILES string of the molecule is C[Si](C)(C)CCOCn1cc(-c2cccc(C(F)(F)F)c2)nc1N1CCN(c2ccc(C#N)cn2)CC1. The van der Waals surface area contributed by atoms with Gasteiger partial charge < -0.3 is 14.5 Å². The molecule has 4 rings (SSSR count). The molecule has 3 aromatic rings. The third-order valence-electron chi connectivity index (χ3n) is 6.23. The second-order valence-electron chi connectivity index (χ2n) is 10.3. The highest BCUT2D eigenvalue weighted by atomic mass is 28.3. The zero-order valence-corrected chi connectivity index (χ0v) is 22.3. The second kappa shape index (κ2) is 10.9. The van der Waals surface area contributed by atoms with Gasteiger partial charge in [0.15, 0.2) is 0 Å². The lowest BCUT2D eigenvalue weighted by Gasteiger charge is -2.36. The largest absolute Gasteiger partial charge is 0.416 e. The lowest BCUT2D eigenvalue weighted by Crippen LogP contribution is -2.47. The van der Waals surface area contributed by atoms with Crippen LogP contribution in [0.4, 0.5) is 24.9 Å². The van der Waals surface area contributed by atoms with Crippen LogP contribution < -0.4 is 9.80 Å². The van der Waals surface area contributed by atoms with E-state index in [-0.39, 0.29) is 6.73 Å². The van der Waals surface area contributed by atoms with Gasteiger partial charge in [-0.1, -0.05) is 31.8 Å². The quantitative estimate of drug-likeness (QED) is 0.285. The van der Waals surface area contributed by atoms with Crippen molar-refractivity contribution < 1.29 is 17.9 Å². The van der Waals surface area contributed by atoms with Crippen molar-refractivity contribution in [2.45, 2.75) is 38.6 Å². The predicted octanol–water partition coefficient (Wildman–Crippen LogP) is 5.47. The van der Waals surface area contributed by atoms with Gasteiger partial charge in [0.2, 0.25) is 5.95 Å². The van der Waals surface area contributed by atoms with Gasteiger partial charge in [-0.25, -0.2) is 9.97 Å². The van der Waals surface area contributed by atoms with Crippen LogP contribution in [-0.4, -0.2) is 55.4 Å². The Kier molecular flexibility index (Phi) is 7.89. The Morgan fingerprint density at radius 3 is 2.41 bits per heavy atom. The number of hydrogen-bond acceptors (Lipinski definition) is 6. The number of aromatic nitrogens is 3. The minimum atomic E-state index is -4.42. The highest BCUT2D eigenvalue weighted by Gasteiger charge is 2.31. The fourth-order valence-corrected chi connectivity index (χ4v) is 4.82. The first-order valence-corrected chi connectivity index (χ1v) is 15.9. The number of rotatable bonds is 8. The molecule has 11 heteroatoms. The van der Waals surface area contributed by atoms with E-state index in [4.69, 9.17) is 15.0 Å². The maximum absolute atomic E-state index is 13.3. The van der Waals surface area contributed by atoms with Crippen molar-refractivity contribution in [2.75, 3.05) is 42.6 Å². The Morgan fingerprint density at radius 2 is 1.78 bits per heavy atom. The average molecular weight is 529 g/mol. The number of anilines is 2. The molecule has 7 nitrogen and oxygen atoms in total. The van der Waals surface area contributed by atoms with Crippen LogP contribution in [0.15, 0.2) is 48.8 Å². The molecule has 2 aromatic heterocycles. The zero-order valence-electron chi connectivity index (χ0n) is 21.3. The van der Waals surface area contributed by atoms with E-state index in [9.17, 15) is 13.2 Å². The average Bonchev–Trinajstić information content (AvgIpc) is 3.30. The van der Waals surface area contributed by atoms with Crippen LogP contribution in [0.2, 0.25) is 25.7 Å². The van der Waals surface area contributed by atoms with Gasteiger partial charge in [-0.2, -0.15) is 18.4 Å². The predicted molar refractivity (Wildman–Crippen MR) is 140 cm³/mol. The summed E-state index contributed by atoms with van der Waals surface area (Å²) in [4.78, 5) is 13.4. The monoisotopic (exact) mass is 528 g/mol. The fourth-order valence-electron chi connectivity index (χ4n) is 4.06. The summed E-state index contributed by atoms with van der Waals surface area (Å²) in [5.74, 6) is 1.48. The first-order valence-electron chi connectivity index (χ1n) is 12.2. The van der Waals surface area contributed by atoms with Crippen molar-refractivity contribution >= 4 is 19.8 Å². The summed E-state index contributed by atoms with van der Waals surface area (Å²) < 4.78 is 47.8. The highest BCUT2D eigenvalue weighted by Crippen LogP contribution is 2.33. The van der Waals surface area contributed by atoms with Gasteiger partial charge in [-0.05, 0) is 30.3 Å². The van der Waals surface area contributed by atoms with Gasteiger partial charge >= 0.3 is 6.18 Å². The molecule has 3 heterocycles. The van der Waals surface area contributed by atoms with Crippen LogP contribution in [0.25, 0.3) is 11.3 Å². The number of piperazine rings is 1. The number of imidazole rings is 1. The summed E-state index contributed by atoms with van der Waals surface area (Å²) in [6.07, 6.45) is -1.08. The third-order valence-corrected chi connectivity index (χ3v) is 7.94. The topological polar surface area (TPSA) is 70.2 Å². The Hall–Kier alpha value is -3.36. The minimum Gasteiger partial charge on any atom is -0.361 e. The fraction of sp³-hybridized carbons (Fsp3) is 0.423. The number of pyridine rings is 1. The lowest BCUT2D eigenvalue weighted by molar-refractivity contribution is -0.137. The van der Waals surface area contributed by atoms with Crippen molar-refractivity contribution in [3.63, 3.8) is 0 Å². The van der Waals surface area contributed by atoms with E-state index in [0.29, 0.717) is 55.6 Å². The van der Waals surface area contributed by atoms with E-state index < -0.39 is 19.8 Å². The molecule has 0 unspecified atom stereocenters. The number of alkyl halides is 3. The van der Waals surface area contributed by atoms with E-state index in [1.807, 2.05) is 10.6 Å². The molecule has 1 aliphatic rings. The molecule has 37 heavy (non-hydrogen) atoms. The molecule has 0 amide bonds. The van der Waals surface area contributed by atoms with Crippen molar-refractivity contribution in [3.8, 4) is 17.3 Å². The van der Waals surface area contributed by atoms with Gasteiger partial charge in [0.1, 0.15) is 18.6 Å². The molecule has 0 spiro atoms. The Morgan fingerprint density at radius 1 is 1.05 bits per heavy atom. The summed E-state index contributed by atoms with van der Waals surface area (Å²) in [5.41, 5.74) is 0.708. The van der Waals surface area contributed by atoms with Crippen molar-refractivity contribution in [3.05, 3.63) is 59.9 Å². The van der Waals surface area contributed by atoms with Crippen molar-refractivity contribution in [2.24, 2.45) is 0 Å². The summed E-state index contributed by atoms with van der Waals surface area (Å²) >= 11 is 0. The molecule has 0 aliphatic carbocycles. The Balaban J connectivity index is 1.53. The summed E-state index contributed by atoms with van der Waals surface area (Å²) in [6, 6.07) is 11.9. The van der Waals surface area contributed by atoms with E-state index in [0.717, 1.165) is 24.0 Å². The van der Waals surface area contributed by atoms with Gasteiger partial charge in [0.05, 0.1) is 16.8 Å². The van der Waals surface area contributed by atoms with Gasteiger partial charge in [-0.3, -0.25) is 4.57 Å². The Bertz CT molecular complexity index is 1240. The van der Waals surface area contributed by atoms with Crippen molar-refractivity contribution in [1.29, 1.82) is 5.26 Å². The highest BCUT2D eigenvalue weighted by molar-refractivity contribution is 6.76. The molecule has 196 valence electrons. The van der Waals surface area contributed by atoms with Crippen LogP contribution in [-0.2, 0) is 17.6 Å². The number of ether oxygens (including phenoxy) is 1. The zero-order chi connectivity index (χ0) is 26.6. The van der Waals surface area contributed by atoms with Crippen LogP contribution in [0.1, 0.15) is 11.1 Å². The molecular weight excluding hydrogens is 497 g/mol. The normalized spacial score (nSPS) is 14.6. The molecule has 0 bridgehead atoms. The summed E-state index contributed by atoms with van der Waals surface area (Å²) in [5, 5.41) is 9.00. The molecule has 1 saturated heterocycles. The maximum Gasteiger partial charge on any atom is 0.416 e. The standard InChI is InChI=1S/C26H31F3N6OSi/c1-37(2,3)14-13-36-19-35-18-23(21-5-4-6-22(15-21)26(27,28)29)32-25(35)34-11-9-33(10-12-34)24-8-7-20(16-30)17-31-24/h4-8,15,17-18H,9-14,19H2,1-3H3. The van der Waals surface area contributed by atoms with Crippen LogP contribution in [0.5, 0.6) is 0 Å². The molecule has 1 fully saturated rings. The number of hydrogen-bond donors (Lipinski definition) is 0. The first-order chi connectivity index (χ1) is 17.5. The number of nitriles is 1. The number of halogens is 3. The third kappa shape index (κ3) is 6.90. The van der Waals surface area contributed by atoms with Crippen LogP contribution in [0, 0.1) is 11.3 Å². The maximum atomic E-state index is 13.3. The summed E-state index contributed by atoms with van der Waals surface area (Å²) in [7, 11) is -1.26. The van der Waals surface area contributed by atoms with Crippen LogP contribution in [0.3, 0.4) is 0 Å². The lowest BCUT2D eigenvalue weighted by atomic mass is 10.1. The molecule has 1 aliphatic heterocycles. The molecule has 0 saturated carbocycles. The van der Waals surface area contributed by atoms with Gasteiger partial charge in [0, 0.05) is 58.8 Å². The van der Waals surface area contributed by atoms with E-state index in [1.54, 1.807) is 24.5 Å². The number of benzene rings is 1. The molecule has 0 N–H and O–H groups in total.